The summed E-state index contributed by atoms with van der Waals surface area (Å²) in [7, 11) is -2.21. The lowest BCUT2D eigenvalue weighted by atomic mass is 10.1. The molecular formula is C13H16N2O4S. The zero-order chi connectivity index (χ0) is 14.8. The lowest BCUT2D eigenvalue weighted by Gasteiger charge is -2.16. The average Bonchev–Trinajstić information content (AvgIpc) is 2.37. The summed E-state index contributed by atoms with van der Waals surface area (Å²) in [5.74, 6) is 0.132. The van der Waals surface area contributed by atoms with Crippen molar-refractivity contribution < 1.29 is 18.6 Å². The van der Waals surface area contributed by atoms with Gasteiger partial charge >= 0.3 is 0 Å². The molecule has 6 nitrogen and oxygen atoms in total. The van der Waals surface area contributed by atoms with Crippen LogP contribution < -0.4 is 9.79 Å². The predicted octanol–water partition coefficient (Wildman–Crippen LogP) is -0.164. The van der Waals surface area contributed by atoms with Gasteiger partial charge in [-0.25, -0.2) is 13.1 Å². The van der Waals surface area contributed by atoms with Crippen LogP contribution in [0.2, 0.25) is 0 Å². The van der Waals surface area contributed by atoms with Crippen molar-refractivity contribution in [3.8, 4) is 5.75 Å². The van der Waals surface area contributed by atoms with Crippen molar-refractivity contribution in [3.63, 3.8) is 0 Å². The number of benzene rings is 2. The number of rotatable bonds is 5. The van der Waals surface area contributed by atoms with E-state index in [1.165, 1.54) is 25.2 Å². The van der Waals surface area contributed by atoms with E-state index in [-0.39, 0.29) is 28.8 Å². The maximum atomic E-state index is 12.1. The number of hydroxylamine groups is 2. The Bertz CT molecular complexity index is 713. The molecular weight excluding hydrogens is 280 g/mol. The third-order valence-corrected chi connectivity index (χ3v) is 4.33. The minimum Gasteiger partial charge on any atom is -0.634 e. The second-order valence-electron chi connectivity index (χ2n) is 4.54. The first-order valence-electron chi connectivity index (χ1n) is 6.10. The number of sulfonamides is 1. The first-order chi connectivity index (χ1) is 9.38. The van der Waals surface area contributed by atoms with E-state index >= 15 is 0 Å². The molecule has 0 aliphatic rings. The van der Waals surface area contributed by atoms with E-state index in [0.29, 0.717) is 0 Å². The van der Waals surface area contributed by atoms with Crippen molar-refractivity contribution in [3.05, 3.63) is 41.6 Å². The lowest BCUT2D eigenvalue weighted by molar-refractivity contribution is -0.824. The van der Waals surface area contributed by atoms with E-state index in [0.717, 1.165) is 10.8 Å². The van der Waals surface area contributed by atoms with E-state index < -0.39 is 10.0 Å². The minimum absolute atomic E-state index is 0.0679. The molecule has 0 radical (unpaired) electrons. The van der Waals surface area contributed by atoms with Crippen molar-refractivity contribution in [2.45, 2.75) is 4.90 Å². The number of aromatic hydroxyl groups is 1. The normalized spacial score (nSPS) is 13.5. The first-order valence-corrected chi connectivity index (χ1v) is 7.59. The summed E-state index contributed by atoms with van der Waals surface area (Å²) in [5.41, 5.74) is 0. The van der Waals surface area contributed by atoms with Crippen LogP contribution in [-0.2, 0) is 10.0 Å². The van der Waals surface area contributed by atoms with E-state index in [1.807, 2.05) is 0 Å². The summed E-state index contributed by atoms with van der Waals surface area (Å²) in [6, 6.07) is 9.35. The maximum Gasteiger partial charge on any atom is 0.240 e. The Hall–Kier alpha value is -1.67. The van der Waals surface area contributed by atoms with Crippen molar-refractivity contribution in [1.29, 1.82) is 0 Å². The Labute approximate surface area is 117 Å². The molecule has 20 heavy (non-hydrogen) atoms. The molecule has 1 unspecified atom stereocenters. The van der Waals surface area contributed by atoms with Gasteiger partial charge in [-0.3, -0.25) is 0 Å². The van der Waals surface area contributed by atoms with Crippen molar-refractivity contribution in [2.24, 2.45) is 0 Å². The van der Waals surface area contributed by atoms with Crippen molar-refractivity contribution in [2.75, 3.05) is 20.1 Å². The summed E-state index contributed by atoms with van der Waals surface area (Å²) in [4.78, 5) is 0.138. The topological polar surface area (TPSA) is 93.9 Å². The summed E-state index contributed by atoms with van der Waals surface area (Å²) in [5, 5.41) is 21.6. The van der Waals surface area contributed by atoms with Crippen molar-refractivity contribution >= 4 is 20.8 Å². The smallest absolute Gasteiger partial charge is 0.240 e. The molecule has 0 spiro atoms. The zero-order valence-electron chi connectivity index (χ0n) is 11.0. The Balaban J connectivity index is 2.25. The van der Waals surface area contributed by atoms with Crippen LogP contribution in [0.15, 0.2) is 41.3 Å². The Kier molecular flexibility index (Phi) is 4.24. The van der Waals surface area contributed by atoms with Crippen LogP contribution in [0.4, 0.5) is 0 Å². The van der Waals surface area contributed by atoms with Gasteiger partial charge in [0.05, 0.1) is 25.0 Å². The summed E-state index contributed by atoms with van der Waals surface area (Å²) in [6.07, 6.45) is 0. The fraction of sp³-hybridized carbons (Fsp3) is 0.231. The molecule has 7 heteroatoms. The fourth-order valence-corrected chi connectivity index (χ4v) is 2.89. The van der Waals surface area contributed by atoms with Gasteiger partial charge in [0.2, 0.25) is 10.0 Å². The van der Waals surface area contributed by atoms with Gasteiger partial charge in [0.1, 0.15) is 5.75 Å². The molecule has 0 aromatic heterocycles. The molecule has 0 heterocycles. The Morgan fingerprint density at radius 1 is 1.20 bits per heavy atom. The largest absolute Gasteiger partial charge is 0.634 e. The van der Waals surface area contributed by atoms with Crippen LogP contribution >= 0.6 is 0 Å². The second kappa shape index (κ2) is 5.76. The maximum absolute atomic E-state index is 12.1. The van der Waals surface area contributed by atoms with Crippen LogP contribution in [0.5, 0.6) is 5.75 Å². The van der Waals surface area contributed by atoms with Gasteiger partial charge < -0.3 is 15.4 Å². The zero-order valence-corrected chi connectivity index (χ0v) is 11.8. The molecule has 3 N–H and O–H groups in total. The van der Waals surface area contributed by atoms with Gasteiger partial charge in [0, 0.05) is 0 Å². The van der Waals surface area contributed by atoms with Gasteiger partial charge in [0.15, 0.2) is 0 Å². The molecule has 2 aromatic rings. The number of phenols is 1. The first kappa shape index (κ1) is 14.7. The number of phenolic OH excluding ortho intramolecular Hbond substituents is 1. The third kappa shape index (κ3) is 3.45. The highest BCUT2D eigenvalue weighted by molar-refractivity contribution is 7.89. The monoisotopic (exact) mass is 296 g/mol. The molecule has 0 saturated carbocycles. The van der Waals surface area contributed by atoms with Gasteiger partial charge in [-0.15, -0.1) is 0 Å². The molecule has 0 aliphatic heterocycles. The van der Waals surface area contributed by atoms with Crippen LogP contribution in [0, 0.1) is 5.21 Å². The predicted molar refractivity (Wildman–Crippen MR) is 75.9 cm³/mol. The molecule has 0 bridgehead atoms. The molecule has 1 atom stereocenters. The van der Waals surface area contributed by atoms with Crippen LogP contribution in [0.3, 0.4) is 0 Å². The average molecular weight is 296 g/mol. The van der Waals surface area contributed by atoms with E-state index in [9.17, 15) is 18.7 Å². The third-order valence-electron chi connectivity index (χ3n) is 2.87. The van der Waals surface area contributed by atoms with E-state index in [2.05, 4.69) is 4.72 Å². The van der Waals surface area contributed by atoms with Crippen molar-refractivity contribution in [1.82, 2.24) is 4.72 Å². The summed E-state index contributed by atoms with van der Waals surface area (Å²) < 4.78 is 26.5. The standard InChI is InChI=1S/C13H16N2O4S/c1-15(17)7-6-14-20(18,19)13-5-3-10-8-12(16)4-2-11(10)9-13/h2-5,8-9,14-16H,6-7H2,1H3. The number of likely N-dealkylation sites (N-methyl/N-ethyl adjacent to an activating group) is 1. The quantitative estimate of drug-likeness (QED) is 0.668. The molecule has 108 valence electrons. The molecule has 2 rings (SSSR count). The van der Waals surface area contributed by atoms with Crippen LogP contribution in [0.25, 0.3) is 10.8 Å². The molecule has 0 aliphatic carbocycles. The fourth-order valence-electron chi connectivity index (χ4n) is 1.82. The van der Waals surface area contributed by atoms with E-state index in [1.54, 1.807) is 18.2 Å². The van der Waals surface area contributed by atoms with Crippen LogP contribution in [0.1, 0.15) is 0 Å². The molecule has 2 aromatic carbocycles. The van der Waals surface area contributed by atoms with E-state index in [4.69, 9.17) is 0 Å². The number of hydrogen-bond donors (Lipinski definition) is 3. The summed E-state index contributed by atoms with van der Waals surface area (Å²) >= 11 is 0. The van der Waals surface area contributed by atoms with Crippen LogP contribution in [-0.4, -0.2) is 33.7 Å². The number of hydrogen-bond acceptors (Lipinski definition) is 4. The Morgan fingerprint density at radius 3 is 2.55 bits per heavy atom. The molecule has 0 fully saturated rings. The summed E-state index contributed by atoms with van der Waals surface area (Å²) in [6.45, 7) is 0.256. The highest BCUT2D eigenvalue weighted by atomic mass is 32.2. The number of nitrogens with one attached hydrogen (secondary N) is 2. The lowest BCUT2D eigenvalue weighted by Crippen LogP contribution is -3.04. The molecule has 0 saturated heterocycles. The van der Waals surface area contributed by atoms with Gasteiger partial charge in [-0.1, -0.05) is 12.1 Å². The number of quaternary nitrogens is 1. The van der Waals surface area contributed by atoms with Gasteiger partial charge in [0.25, 0.3) is 0 Å². The Morgan fingerprint density at radius 2 is 1.85 bits per heavy atom. The minimum atomic E-state index is -3.62. The van der Waals surface area contributed by atoms with Gasteiger partial charge in [-0.2, -0.15) is 0 Å². The SMILES string of the molecule is C[NH+]([O-])CCNS(=O)(=O)c1ccc2cc(O)ccc2c1. The highest BCUT2D eigenvalue weighted by Gasteiger charge is 2.14. The highest BCUT2D eigenvalue weighted by Crippen LogP contribution is 2.22. The number of fused-ring (bicyclic) bond motifs is 1. The second-order valence-corrected chi connectivity index (χ2v) is 6.31. The molecule has 0 amide bonds. The van der Waals surface area contributed by atoms with Gasteiger partial charge in [-0.05, 0) is 35.0 Å².